The normalized spacial score (nSPS) is 23.7. The number of anilines is 1. The number of carbonyl (C=O) groups excluding carboxylic acids is 1. The number of aromatic nitrogens is 1. The second kappa shape index (κ2) is 6.29. The monoisotopic (exact) mass is 311 g/mol. The van der Waals surface area contributed by atoms with Crippen LogP contribution < -0.4 is 11.1 Å². The highest BCUT2D eigenvalue weighted by atomic mass is 79.9. The molecule has 18 heavy (non-hydrogen) atoms. The summed E-state index contributed by atoms with van der Waals surface area (Å²) in [7, 11) is 0. The summed E-state index contributed by atoms with van der Waals surface area (Å²) in [5.74, 6) is 1.37. The number of hydrogen-bond donors (Lipinski definition) is 2. The van der Waals surface area contributed by atoms with E-state index in [2.05, 4.69) is 26.2 Å². The van der Waals surface area contributed by atoms with E-state index in [4.69, 9.17) is 5.73 Å². The van der Waals surface area contributed by atoms with Gasteiger partial charge in [-0.1, -0.05) is 0 Å². The average Bonchev–Trinajstić information content (AvgIpc) is 2.41. The maximum Gasteiger partial charge on any atom is 0.228 e. The number of amides is 1. The van der Waals surface area contributed by atoms with Crippen LogP contribution in [0, 0.1) is 11.8 Å². The van der Waals surface area contributed by atoms with Crippen LogP contribution in [-0.2, 0) is 4.79 Å². The largest absolute Gasteiger partial charge is 0.330 e. The van der Waals surface area contributed by atoms with E-state index >= 15 is 0 Å². The van der Waals surface area contributed by atoms with Crippen molar-refractivity contribution in [2.45, 2.75) is 25.7 Å². The topological polar surface area (TPSA) is 68.0 Å². The van der Waals surface area contributed by atoms with Gasteiger partial charge in [-0.25, -0.2) is 4.98 Å². The molecule has 1 aliphatic carbocycles. The van der Waals surface area contributed by atoms with Crippen LogP contribution in [0.3, 0.4) is 0 Å². The van der Waals surface area contributed by atoms with Crippen molar-refractivity contribution in [1.29, 1.82) is 0 Å². The Morgan fingerprint density at radius 1 is 1.44 bits per heavy atom. The standard InChI is InChI=1S/C13H18BrN3O/c14-11-2-1-7-16-12(11)17-13(18)10-5-3-9(8-15)4-6-10/h1-2,7,9-10H,3-6,8,15H2,(H,16,17,18). The number of nitrogens with zero attached hydrogens (tertiary/aromatic N) is 1. The molecule has 0 atom stereocenters. The van der Waals surface area contributed by atoms with E-state index in [1.165, 1.54) is 0 Å². The third kappa shape index (κ3) is 3.29. The van der Waals surface area contributed by atoms with Gasteiger partial charge in [0.1, 0.15) is 5.82 Å². The van der Waals surface area contributed by atoms with Crippen molar-refractivity contribution in [3.8, 4) is 0 Å². The van der Waals surface area contributed by atoms with Gasteiger partial charge in [0.25, 0.3) is 0 Å². The molecule has 1 saturated carbocycles. The first-order valence-electron chi connectivity index (χ1n) is 6.32. The van der Waals surface area contributed by atoms with Crippen molar-refractivity contribution in [1.82, 2.24) is 4.98 Å². The fourth-order valence-electron chi connectivity index (χ4n) is 2.36. The Hall–Kier alpha value is -0.940. The van der Waals surface area contributed by atoms with Crippen molar-refractivity contribution in [2.75, 3.05) is 11.9 Å². The first-order valence-corrected chi connectivity index (χ1v) is 7.11. The Balaban J connectivity index is 1.91. The minimum absolute atomic E-state index is 0.0740. The molecule has 0 aromatic carbocycles. The Morgan fingerprint density at radius 3 is 2.78 bits per heavy atom. The lowest BCUT2D eigenvalue weighted by Gasteiger charge is -2.26. The number of nitrogens with one attached hydrogen (secondary N) is 1. The molecule has 5 heteroatoms. The summed E-state index contributed by atoms with van der Waals surface area (Å²) < 4.78 is 0.814. The molecule has 0 spiro atoms. The smallest absolute Gasteiger partial charge is 0.228 e. The molecule has 0 saturated heterocycles. The highest BCUT2D eigenvalue weighted by molar-refractivity contribution is 9.10. The van der Waals surface area contributed by atoms with E-state index in [0.717, 1.165) is 36.7 Å². The van der Waals surface area contributed by atoms with E-state index in [9.17, 15) is 4.79 Å². The zero-order valence-electron chi connectivity index (χ0n) is 10.2. The minimum Gasteiger partial charge on any atom is -0.330 e. The van der Waals surface area contributed by atoms with Crippen molar-refractivity contribution in [2.24, 2.45) is 17.6 Å². The van der Waals surface area contributed by atoms with Gasteiger partial charge >= 0.3 is 0 Å². The van der Waals surface area contributed by atoms with Crippen molar-refractivity contribution in [3.63, 3.8) is 0 Å². The van der Waals surface area contributed by atoms with Crippen molar-refractivity contribution < 1.29 is 4.79 Å². The lowest BCUT2D eigenvalue weighted by atomic mass is 9.81. The molecular weight excluding hydrogens is 294 g/mol. The third-order valence-corrected chi connectivity index (χ3v) is 4.19. The number of nitrogens with two attached hydrogens (primary N) is 1. The number of pyridine rings is 1. The minimum atomic E-state index is 0.0740. The van der Waals surface area contributed by atoms with E-state index in [1.54, 1.807) is 6.20 Å². The van der Waals surface area contributed by atoms with Crippen LogP contribution in [0.4, 0.5) is 5.82 Å². The summed E-state index contributed by atoms with van der Waals surface area (Å²) in [5, 5.41) is 2.88. The van der Waals surface area contributed by atoms with Gasteiger partial charge in [-0.2, -0.15) is 0 Å². The van der Waals surface area contributed by atoms with Gasteiger partial charge in [-0.05, 0) is 66.2 Å². The second-order valence-corrected chi connectivity index (χ2v) is 5.63. The SMILES string of the molecule is NCC1CCC(C(=O)Nc2ncccc2Br)CC1. The van der Waals surface area contributed by atoms with Crippen LogP contribution in [0.15, 0.2) is 22.8 Å². The summed E-state index contributed by atoms with van der Waals surface area (Å²) >= 11 is 3.38. The fraction of sp³-hybridized carbons (Fsp3) is 0.538. The van der Waals surface area contributed by atoms with Gasteiger partial charge in [-0.3, -0.25) is 4.79 Å². The molecule has 1 aromatic rings. The van der Waals surface area contributed by atoms with Crippen LogP contribution in [0.5, 0.6) is 0 Å². The van der Waals surface area contributed by atoms with Gasteiger partial charge < -0.3 is 11.1 Å². The summed E-state index contributed by atoms with van der Waals surface area (Å²) in [6.45, 7) is 0.736. The van der Waals surface area contributed by atoms with Gasteiger partial charge in [0.2, 0.25) is 5.91 Å². The fourth-order valence-corrected chi connectivity index (χ4v) is 2.71. The lowest BCUT2D eigenvalue weighted by Crippen LogP contribution is -2.29. The predicted molar refractivity (Wildman–Crippen MR) is 75.1 cm³/mol. The van der Waals surface area contributed by atoms with Gasteiger partial charge in [0, 0.05) is 12.1 Å². The number of rotatable bonds is 3. The molecule has 3 N–H and O–H groups in total. The lowest BCUT2D eigenvalue weighted by molar-refractivity contribution is -0.121. The van der Waals surface area contributed by atoms with Crippen LogP contribution in [0.2, 0.25) is 0 Å². The number of carbonyl (C=O) groups is 1. The molecule has 4 nitrogen and oxygen atoms in total. The van der Waals surface area contributed by atoms with Crippen LogP contribution in [0.1, 0.15) is 25.7 Å². The molecule has 0 radical (unpaired) electrons. The van der Waals surface area contributed by atoms with Gasteiger partial charge in [0.05, 0.1) is 4.47 Å². The number of halogens is 1. The number of hydrogen-bond acceptors (Lipinski definition) is 3. The molecular formula is C13H18BrN3O. The summed E-state index contributed by atoms with van der Waals surface area (Å²) in [4.78, 5) is 16.3. The van der Waals surface area contributed by atoms with Gasteiger partial charge in [0.15, 0.2) is 0 Å². The quantitative estimate of drug-likeness (QED) is 0.901. The molecule has 0 bridgehead atoms. The molecule has 98 valence electrons. The zero-order chi connectivity index (χ0) is 13.0. The van der Waals surface area contributed by atoms with E-state index in [0.29, 0.717) is 11.7 Å². The first-order chi connectivity index (χ1) is 8.70. The molecule has 0 unspecified atom stereocenters. The highest BCUT2D eigenvalue weighted by Gasteiger charge is 2.26. The Bertz CT molecular complexity index is 416. The van der Waals surface area contributed by atoms with E-state index in [1.807, 2.05) is 12.1 Å². The average molecular weight is 312 g/mol. The Labute approximate surface area is 115 Å². The Kier molecular flexibility index (Phi) is 4.72. The van der Waals surface area contributed by atoms with Crippen molar-refractivity contribution >= 4 is 27.7 Å². The summed E-state index contributed by atoms with van der Waals surface area (Å²) in [6.07, 6.45) is 5.64. The van der Waals surface area contributed by atoms with Gasteiger partial charge in [-0.15, -0.1) is 0 Å². The van der Waals surface area contributed by atoms with Crippen LogP contribution in [0.25, 0.3) is 0 Å². The highest BCUT2D eigenvalue weighted by Crippen LogP contribution is 2.29. The maximum atomic E-state index is 12.1. The first kappa shape index (κ1) is 13.5. The predicted octanol–water partition coefficient (Wildman–Crippen LogP) is 2.55. The third-order valence-electron chi connectivity index (χ3n) is 3.55. The second-order valence-electron chi connectivity index (χ2n) is 4.78. The van der Waals surface area contributed by atoms with Crippen LogP contribution >= 0.6 is 15.9 Å². The van der Waals surface area contributed by atoms with E-state index in [-0.39, 0.29) is 11.8 Å². The van der Waals surface area contributed by atoms with Crippen LogP contribution in [-0.4, -0.2) is 17.4 Å². The molecule has 0 aliphatic heterocycles. The van der Waals surface area contributed by atoms with Crippen molar-refractivity contribution in [3.05, 3.63) is 22.8 Å². The van der Waals surface area contributed by atoms with E-state index < -0.39 is 0 Å². The molecule has 1 fully saturated rings. The summed E-state index contributed by atoms with van der Waals surface area (Å²) in [6, 6.07) is 3.69. The molecule has 1 aromatic heterocycles. The molecule has 1 aliphatic rings. The maximum absolute atomic E-state index is 12.1. The molecule has 2 rings (SSSR count). The zero-order valence-corrected chi connectivity index (χ0v) is 11.8. The molecule has 1 heterocycles. The Morgan fingerprint density at radius 2 is 2.17 bits per heavy atom. The molecule has 1 amide bonds. The summed E-state index contributed by atoms with van der Waals surface area (Å²) in [5.41, 5.74) is 5.65.